The van der Waals surface area contributed by atoms with Gasteiger partial charge in [-0.25, -0.2) is 4.68 Å². The van der Waals surface area contributed by atoms with Gasteiger partial charge in [-0.2, -0.15) is 5.10 Å². The molecule has 8 heteroatoms. The van der Waals surface area contributed by atoms with E-state index in [1.165, 1.54) is 12.5 Å². The number of rotatable bonds is 9. The highest BCUT2D eigenvalue weighted by atomic mass is 16.5. The van der Waals surface area contributed by atoms with Gasteiger partial charge in [-0.1, -0.05) is 18.2 Å². The van der Waals surface area contributed by atoms with E-state index in [1.807, 2.05) is 35.1 Å². The number of carbonyl (C=O) groups is 1. The number of hydrogen-bond acceptors (Lipinski definition) is 4. The van der Waals surface area contributed by atoms with Crippen molar-refractivity contribution in [2.45, 2.75) is 13.3 Å². The number of nitrogens with zero attached hydrogens (tertiary/aromatic N) is 3. The number of ether oxygens (including phenoxy) is 1. The minimum absolute atomic E-state index is 0.109. The molecule has 2 aromatic carbocycles. The summed E-state index contributed by atoms with van der Waals surface area (Å²) in [5, 5.41) is 13.5. The van der Waals surface area contributed by atoms with Crippen molar-refractivity contribution in [3.8, 4) is 11.4 Å². The maximum Gasteiger partial charge on any atom is 0.221 e. The Hall–Kier alpha value is -3.81. The second kappa shape index (κ2) is 11.4. The van der Waals surface area contributed by atoms with E-state index in [0.29, 0.717) is 24.6 Å². The molecule has 0 bridgehead atoms. The number of guanidine groups is 1. The Labute approximate surface area is 182 Å². The van der Waals surface area contributed by atoms with Crippen LogP contribution in [0.1, 0.15) is 12.5 Å². The summed E-state index contributed by atoms with van der Waals surface area (Å²) < 4.78 is 7.57. The molecule has 3 rings (SSSR count). The summed E-state index contributed by atoms with van der Waals surface area (Å²) in [5.41, 5.74) is 3.00. The lowest BCUT2D eigenvalue weighted by Crippen LogP contribution is -2.40. The minimum atomic E-state index is -0.109. The summed E-state index contributed by atoms with van der Waals surface area (Å²) >= 11 is 0. The van der Waals surface area contributed by atoms with Crippen molar-refractivity contribution in [3.05, 3.63) is 72.6 Å². The third-order valence-electron chi connectivity index (χ3n) is 4.45. The zero-order valence-corrected chi connectivity index (χ0v) is 17.8. The van der Waals surface area contributed by atoms with Crippen molar-refractivity contribution >= 4 is 17.6 Å². The van der Waals surface area contributed by atoms with Gasteiger partial charge in [0, 0.05) is 44.7 Å². The first kappa shape index (κ1) is 21.9. The van der Waals surface area contributed by atoms with Gasteiger partial charge in [-0.3, -0.25) is 9.79 Å². The van der Waals surface area contributed by atoms with Crippen LogP contribution < -0.4 is 20.7 Å². The summed E-state index contributed by atoms with van der Waals surface area (Å²) in [6.07, 6.45) is 4.58. The lowest BCUT2D eigenvalue weighted by atomic mass is 10.1. The monoisotopic (exact) mass is 420 g/mol. The second-order valence-electron chi connectivity index (χ2n) is 6.85. The smallest absolute Gasteiger partial charge is 0.221 e. The maximum atomic E-state index is 11.1. The van der Waals surface area contributed by atoms with Crippen LogP contribution in [0.2, 0.25) is 0 Å². The highest BCUT2D eigenvalue weighted by Crippen LogP contribution is 2.17. The highest BCUT2D eigenvalue weighted by molar-refractivity contribution is 5.88. The Kier molecular flexibility index (Phi) is 8.05. The van der Waals surface area contributed by atoms with Crippen molar-refractivity contribution in [3.63, 3.8) is 0 Å². The Bertz CT molecular complexity index is 984. The van der Waals surface area contributed by atoms with E-state index in [-0.39, 0.29) is 5.91 Å². The number of nitrogens with one attached hydrogen (secondary N) is 3. The molecule has 8 nitrogen and oxygen atoms in total. The number of anilines is 1. The van der Waals surface area contributed by atoms with Gasteiger partial charge in [0.05, 0.1) is 12.2 Å². The van der Waals surface area contributed by atoms with E-state index >= 15 is 0 Å². The molecule has 0 unspecified atom stereocenters. The minimum Gasteiger partial charge on any atom is -0.492 e. The average molecular weight is 421 g/mol. The lowest BCUT2D eigenvalue weighted by molar-refractivity contribution is -0.114. The molecule has 1 aromatic heterocycles. The fourth-order valence-corrected chi connectivity index (χ4v) is 2.99. The molecule has 0 saturated carbocycles. The topological polar surface area (TPSA) is 92.6 Å². The van der Waals surface area contributed by atoms with Crippen molar-refractivity contribution in [2.75, 3.05) is 32.1 Å². The zero-order valence-electron chi connectivity index (χ0n) is 17.8. The predicted octanol–water partition coefficient (Wildman–Crippen LogP) is 2.62. The van der Waals surface area contributed by atoms with Gasteiger partial charge in [0.15, 0.2) is 5.96 Å². The molecule has 31 heavy (non-hydrogen) atoms. The van der Waals surface area contributed by atoms with Crippen molar-refractivity contribution < 1.29 is 9.53 Å². The molecule has 0 radical (unpaired) electrons. The fraction of sp³-hybridized carbons (Fsp3) is 0.261. The van der Waals surface area contributed by atoms with Crippen molar-refractivity contribution in [1.29, 1.82) is 0 Å². The average Bonchev–Trinajstić information content (AvgIpc) is 3.30. The van der Waals surface area contributed by atoms with Crippen LogP contribution in [0.15, 0.2) is 72.0 Å². The Morgan fingerprint density at radius 2 is 1.90 bits per heavy atom. The molecule has 0 aliphatic rings. The lowest BCUT2D eigenvalue weighted by Gasteiger charge is -2.13. The number of amides is 1. The molecule has 0 aliphatic carbocycles. The number of hydrogen-bond donors (Lipinski definition) is 3. The number of aliphatic imine (C=N–C) groups is 1. The quantitative estimate of drug-likeness (QED) is 0.281. The van der Waals surface area contributed by atoms with Crippen LogP contribution in [0.5, 0.6) is 5.75 Å². The summed E-state index contributed by atoms with van der Waals surface area (Å²) in [4.78, 5) is 15.4. The second-order valence-corrected chi connectivity index (χ2v) is 6.85. The molecule has 162 valence electrons. The molecule has 3 aromatic rings. The van der Waals surface area contributed by atoms with Crippen LogP contribution in [0, 0.1) is 0 Å². The largest absolute Gasteiger partial charge is 0.492 e. The maximum absolute atomic E-state index is 11.1. The molecule has 3 N–H and O–H groups in total. The van der Waals surface area contributed by atoms with Gasteiger partial charge >= 0.3 is 0 Å². The van der Waals surface area contributed by atoms with Crippen LogP contribution in [0.4, 0.5) is 5.69 Å². The fourth-order valence-electron chi connectivity index (χ4n) is 2.99. The predicted molar refractivity (Wildman–Crippen MR) is 123 cm³/mol. The molecule has 0 fully saturated rings. The normalized spacial score (nSPS) is 11.1. The first-order valence-corrected chi connectivity index (χ1v) is 10.2. The third kappa shape index (κ3) is 7.18. The molecule has 1 heterocycles. The Morgan fingerprint density at radius 3 is 2.61 bits per heavy atom. The first-order chi connectivity index (χ1) is 15.1. The molecular weight excluding hydrogens is 392 g/mol. The Balaban J connectivity index is 1.36. The summed E-state index contributed by atoms with van der Waals surface area (Å²) in [6, 6.07) is 17.6. The van der Waals surface area contributed by atoms with Crippen LogP contribution in [0.25, 0.3) is 5.69 Å². The molecule has 0 spiro atoms. The van der Waals surface area contributed by atoms with E-state index in [0.717, 1.165) is 24.6 Å². The summed E-state index contributed by atoms with van der Waals surface area (Å²) in [7, 11) is 1.74. The van der Waals surface area contributed by atoms with Crippen molar-refractivity contribution in [2.24, 2.45) is 4.99 Å². The van der Waals surface area contributed by atoms with Crippen LogP contribution >= 0.6 is 0 Å². The molecule has 0 aliphatic heterocycles. The van der Waals surface area contributed by atoms with E-state index in [9.17, 15) is 4.79 Å². The summed E-state index contributed by atoms with van der Waals surface area (Å²) in [5.74, 6) is 1.32. The molecule has 0 atom stereocenters. The highest BCUT2D eigenvalue weighted by Gasteiger charge is 2.01. The Morgan fingerprint density at radius 1 is 1.10 bits per heavy atom. The van der Waals surface area contributed by atoms with Crippen LogP contribution in [-0.4, -0.2) is 48.4 Å². The third-order valence-corrected chi connectivity index (χ3v) is 4.45. The standard InChI is InChI=1S/C23H28N6O2/c1-18(30)28-20-5-3-6-22(17-20)31-16-14-26-23(24-2)25-13-11-19-7-9-21(10-8-19)29-15-4-12-27-29/h3-10,12,15,17H,11,13-14,16H2,1-2H3,(H,28,30)(H2,24,25,26). The number of aromatic nitrogens is 2. The van der Waals surface area contributed by atoms with E-state index in [1.54, 1.807) is 19.3 Å². The van der Waals surface area contributed by atoms with Gasteiger partial charge in [-0.15, -0.1) is 0 Å². The summed E-state index contributed by atoms with van der Waals surface area (Å²) in [6.45, 7) is 3.31. The molecule has 1 amide bonds. The van der Waals surface area contributed by atoms with Crippen LogP contribution in [-0.2, 0) is 11.2 Å². The van der Waals surface area contributed by atoms with Crippen molar-refractivity contribution in [1.82, 2.24) is 20.4 Å². The van der Waals surface area contributed by atoms with Gasteiger partial charge in [-0.05, 0) is 42.3 Å². The van der Waals surface area contributed by atoms with E-state index in [2.05, 4.69) is 50.3 Å². The number of carbonyl (C=O) groups excluding carboxylic acids is 1. The van der Waals surface area contributed by atoms with Gasteiger partial charge < -0.3 is 20.7 Å². The first-order valence-electron chi connectivity index (χ1n) is 10.2. The van der Waals surface area contributed by atoms with Gasteiger partial charge in [0.25, 0.3) is 0 Å². The molecular formula is C23H28N6O2. The van der Waals surface area contributed by atoms with Gasteiger partial charge in [0.1, 0.15) is 12.4 Å². The van der Waals surface area contributed by atoms with E-state index < -0.39 is 0 Å². The van der Waals surface area contributed by atoms with Crippen LogP contribution in [0.3, 0.4) is 0 Å². The zero-order chi connectivity index (χ0) is 21.9. The molecule has 0 saturated heterocycles. The number of benzene rings is 2. The SMILES string of the molecule is CN=C(NCCOc1cccc(NC(C)=O)c1)NCCc1ccc(-n2cccn2)cc1. The van der Waals surface area contributed by atoms with Gasteiger partial charge in [0.2, 0.25) is 5.91 Å². The van der Waals surface area contributed by atoms with E-state index in [4.69, 9.17) is 4.74 Å².